The van der Waals surface area contributed by atoms with Gasteiger partial charge in [-0.25, -0.2) is 0 Å². The Bertz CT molecular complexity index is 456. The van der Waals surface area contributed by atoms with Gasteiger partial charge in [-0.1, -0.05) is 48.2 Å². The average molecular weight is 351 g/mol. The summed E-state index contributed by atoms with van der Waals surface area (Å²) in [5, 5.41) is 3.85. The van der Waals surface area contributed by atoms with Crippen molar-refractivity contribution in [2.45, 2.75) is 57.5 Å². The standard InChI is InChI=1S/C18H27BrN2/c1-2-16-12-20-18(14-7-4-3-5-8-14)13-21(16)17-10-6-9-15(19)11-17/h6,9-11,14,16,18,20H,2-5,7-8,12-13H2,1H3. The molecule has 0 radical (unpaired) electrons. The average Bonchev–Trinajstić information content (AvgIpc) is 2.55. The maximum atomic E-state index is 3.85. The molecule has 2 fully saturated rings. The Morgan fingerprint density at radius 2 is 2.05 bits per heavy atom. The number of nitrogens with zero attached hydrogens (tertiary/aromatic N) is 1. The van der Waals surface area contributed by atoms with E-state index in [1.54, 1.807) is 0 Å². The number of rotatable bonds is 3. The molecule has 1 saturated carbocycles. The summed E-state index contributed by atoms with van der Waals surface area (Å²) < 4.78 is 1.18. The maximum absolute atomic E-state index is 3.85. The molecule has 2 unspecified atom stereocenters. The molecule has 2 atom stereocenters. The summed E-state index contributed by atoms with van der Waals surface area (Å²) in [7, 11) is 0. The molecule has 1 aliphatic heterocycles. The maximum Gasteiger partial charge on any atom is 0.0412 e. The molecule has 0 spiro atoms. The second-order valence-electron chi connectivity index (χ2n) is 6.61. The summed E-state index contributed by atoms with van der Waals surface area (Å²) in [6.07, 6.45) is 8.34. The minimum absolute atomic E-state index is 0.624. The first-order valence-electron chi connectivity index (χ1n) is 8.53. The molecular formula is C18H27BrN2. The molecule has 1 N–H and O–H groups in total. The highest BCUT2D eigenvalue weighted by Crippen LogP contribution is 2.31. The number of halogens is 1. The Labute approximate surface area is 137 Å². The molecule has 0 aromatic heterocycles. The van der Waals surface area contributed by atoms with E-state index in [-0.39, 0.29) is 0 Å². The van der Waals surface area contributed by atoms with Gasteiger partial charge >= 0.3 is 0 Å². The monoisotopic (exact) mass is 350 g/mol. The lowest BCUT2D eigenvalue weighted by Gasteiger charge is -2.45. The van der Waals surface area contributed by atoms with E-state index < -0.39 is 0 Å². The van der Waals surface area contributed by atoms with Crippen LogP contribution in [0.4, 0.5) is 5.69 Å². The van der Waals surface area contributed by atoms with Crippen molar-refractivity contribution in [3.05, 3.63) is 28.7 Å². The van der Waals surface area contributed by atoms with Gasteiger partial charge in [0.2, 0.25) is 0 Å². The van der Waals surface area contributed by atoms with Gasteiger partial charge in [0.25, 0.3) is 0 Å². The van der Waals surface area contributed by atoms with Crippen LogP contribution in [0.1, 0.15) is 45.4 Å². The fourth-order valence-corrected chi connectivity index (χ4v) is 4.40. The van der Waals surface area contributed by atoms with Gasteiger partial charge in [-0.3, -0.25) is 0 Å². The zero-order valence-corrected chi connectivity index (χ0v) is 14.6. The lowest BCUT2D eigenvalue weighted by atomic mass is 9.82. The van der Waals surface area contributed by atoms with E-state index in [0.29, 0.717) is 12.1 Å². The Kier molecular flexibility index (Phi) is 5.23. The van der Waals surface area contributed by atoms with Crippen LogP contribution in [0.2, 0.25) is 0 Å². The summed E-state index contributed by atoms with van der Waals surface area (Å²) >= 11 is 3.62. The Hall–Kier alpha value is -0.540. The first-order chi connectivity index (χ1) is 10.3. The van der Waals surface area contributed by atoms with Crippen molar-refractivity contribution in [1.29, 1.82) is 0 Å². The minimum atomic E-state index is 0.624. The van der Waals surface area contributed by atoms with Crippen LogP contribution >= 0.6 is 15.9 Å². The summed E-state index contributed by atoms with van der Waals surface area (Å²) in [5.41, 5.74) is 1.37. The topological polar surface area (TPSA) is 15.3 Å². The predicted molar refractivity (Wildman–Crippen MR) is 93.9 cm³/mol. The highest BCUT2D eigenvalue weighted by molar-refractivity contribution is 9.10. The third-order valence-electron chi connectivity index (χ3n) is 5.28. The number of hydrogen-bond donors (Lipinski definition) is 1. The fraction of sp³-hybridized carbons (Fsp3) is 0.667. The van der Waals surface area contributed by atoms with Gasteiger partial charge in [0.15, 0.2) is 0 Å². The number of hydrogen-bond acceptors (Lipinski definition) is 2. The van der Waals surface area contributed by atoms with Crippen molar-refractivity contribution in [2.75, 3.05) is 18.0 Å². The Balaban J connectivity index is 1.75. The predicted octanol–water partition coefficient (Wildman–Crippen LogP) is 4.59. The highest BCUT2D eigenvalue weighted by atomic mass is 79.9. The smallest absolute Gasteiger partial charge is 0.0412 e. The molecule has 1 aliphatic carbocycles. The normalized spacial score (nSPS) is 27.8. The summed E-state index contributed by atoms with van der Waals surface area (Å²) in [5.74, 6) is 0.881. The largest absolute Gasteiger partial charge is 0.366 e. The SMILES string of the molecule is CCC1CNC(C2CCCCC2)CN1c1cccc(Br)c1. The van der Waals surface area contributed by atoms with Crippen molar-refractivity contribution in [3.8, 4) is 0 Å². The van der Waals surface area contributed by atoms with Crippen LogP contribution in [-0.4, -0.2) is 25.2 Å². The highest BCUT2D eigenvalue weighted by Gasteiger charge is 2.32. The third kappa shape index (κ3) is 3.62. The van der Waals surface area contributed by atoms with Gasteiger partial charge in [0.1, 0.15) is 0 Å². The van der Waals surface area contributed by atoms with Crippen molar-refractivity contribution >= 4 is 21.6 Å². The van der Waals surface area contributed by atoms with Crippen LogP contribution in [-0.2, 0) is 0 Å². The Morgan fingerprint density at radius 3 is 2.76 bits per heavy atom. The molecule has 2 aliphatic rings. The number of piperazine rings is 1. The van der Waals surface area contributed by atoms with Gasteiger partial charge in [-0.2, -0.15) is 0 Å². The van der Waals surface area contributed by atoms with Crippen LogP contribution in [0, 0.1) is 5.92 Å². The first-order valence-corrected chi connectivity index (χ1v) is 9.33. The van der Waals surface area contributed by atoms with Crippen LogP contribution < -0.4 is 10.2 Å². The zero-order chi connectivity index (χ0) is 14.7. The number of anilines is 1. The van der Waals surface area contributed by atoms with Gasteiger partial charge in [-0.15, -0.1) is 0 Å². The van der Waals surface area contributed by atoms with Gasteiger partial charge in [0.05, 0.1) is 0 Å². The molecule has 116 valence electrons. The van der Waals surface area contributed by atoms with Crippen LogP contribution in [0.3, 0.4) is 0 Å². The lowest BCUT2D eigenvalue weighted by molar-refractivity contribution is 0.240. The van der Waals surface area contributed by atoms with Crippen LogP contribution in [0.25, 0.3) is 0 Å². The van der Waals surface area contributed by atoms with E-state index >= 15 is 0 Å². The van der Waals surface area contributed by atoms with E-state index in [2.05, 4.69) is 57.3 Å². The molecule has 0 bridgehead atoms. The van der Waals surface area contributed by atoms with E-state index in [1.807, 2.05) is 0 Å². The van der Waals surface area contributed by atoms with Gasteiger partial charge in [0, 0.05) is 35.3 Å². The first kappa shape index (κ1) is 15.4. The number of benzene rings is 1. The molecule has 1 heterocycles. The van der Waals surface area contributed by atoms with E-state index in [9.17, 15) is 0 Å². The second-order valence-corrected chi connectivity index (χ2v) is 7.52. The number of nitrogens with one attached hydrogen (secondary N) is 1. The quantitative estimate of drug-likeness (QED) is 0.857. The van der Waals surface area contributed by atoms with Crippen LogP contribution in [0.15, 0.2) is 28.7 Å². The molecule has 21 heavy (non-hydrogen) atoms. The summed E-state index contributed by atoms with van der Waals surface area (Å²) in [4.78, 5) is 2.64. The fourth-order valence-electron chi connectivity index (χ4n) is 4.01. The minimum Gasteiger partial charge on any atom is -0.366 e. The van der Waals surface area contributed by atoms with Crippen molar-refractivity contribution in [2.24, 2.45) is 5.92 Å². The van der Waals surface area contributed by atoms with E-state index in [0.717, 1.165) is 12.5 Å². The Morgan fingerprint density at radius 1 is 1.24 bits per heavy atom. The molecule has 1 saturated heterocycles. The zero-order valence-electron chi connectivity index (χ0n) is 13.0. The second kappa shape index (κ2) is 7.15. The third-order valence-corrected chi connectivity index (χ3v) is 5.77. The molecule has 1 aromatic carbocycles. The van der Waals surface area contributed by atoms with Crippen molar-refractivity contribution in [3.63, 3.8) is 0 Å². The summed E-state index contributed by atoms with van der Waals surface area (Å²) in [6.45, 7) is 4.60. The van der Waals surface area contributed by atoms with Gasteiger partial charge < -0.3 is 10.2 Å². The summed E-state index contributed by atoms with van der Waals surface area (Å²) in [6, 6.07) is 10.1. The van der Waals surface area contributed by atoms with Crippen molar-refractivity contribution in [1.82, 2.24) is 5.32 Å². The van der Waals surface area contributed by atoms with E-state index in [1.165, 1.54) is 55.2 Å². The van der Waals surface area contributed by atoms with E-state index in [4.69, 9.17) is 0 Å². The lowest BCUT2D eigenvalue weighted by Crippen LogP contribution is -2.59. The molecule has 2 nitrogen and oxygen atoms in total. The molecule has 1 aromatic rings. The van der Waals surface area contributed by atoms with Crippen molar-refractivity contribution < 1.29 is 0 Å². The molecule has 0 amide bonds. The molecule has 3 heteroatoms. The molecule has 3 rings (SSSR count). The molecular weight excluding hydrogens is 324 g/mol. The van der Waals surface area contributed by atoms with Gasteiger partial charge in [-0.05, 0) is 43.4 Å². The van der Waals surface area contributed by atoms with Crippen LogP contribution in [0.5, 0.6) is 0 Å².